The fraction of sp³-hybridized carbons (Fsp3) is 0.158. The number of benzene rings is 1. The molecule has 1 aliphatic heterocycles. The molecule has 1 atom stereocenters. The van der Waals surface area contributed by atoms with Crippen LogP contribution in [0.25, 0.3) is 0 Å². The number of nitrogens with zero attached hydrogens (tertiary/aromatic N) is 2. The lowest BCUT2D eigenvalue weighted by atomic mass is 10.1. The Kier molecular flexibility index (Phi) is 4.81. The van der Waals surface area contributed by atoms with Crippen LogP contribution in [0.4, 0.5) is 10.1 Å². The maximum atomic E-state index is 14.0. The highest BCUT2D eigenvalue weighted by Crippen LogP contribution is 2.33. The summed E-state index contributed by atoms with van der Waals surface area (Å²) >= 11 is 3.21. The number of anilines is 1. The second-order valence-electron chi connectivity index (χ2n) is 5.98. The number of carbonyl (C=O) groups is 1. The maximum absolute atomic E-state index is 14.0. The van der Waals surface area contributed by atoms with Gasteiger partial charge in [-0.05, 0) is 42.5 Å². The van der Waals surface area contributed by atoms with Crippen LogP contribution in [0, 0.1) is 5.82 Å². The Morgan fingerprint density at radius 2 is 2.07 bits per heavy atom. The van der Waals surface area contributed by atoms with Gasteiger partial charge in [-0.2, -0.15) is 5.10 Å². The van der Waals surface area contributed by atoms with Gasteiger partial charge in [0.15, 0.2) is 0 Å². The molecule has 1 aromatic carbocycles. The zero-order valence-electron chi connectivity index (χ0n) is 14.1. The number of hydrogen-bond acceptors (Lipinski definition) is 5. The summed E-state index contributed by atoms with van der Waals surface area (Å²) in [7, 11) is 0. The van der Waals surface area contributed by atoms with Gasteiger partial charge in [0.25, 0.3) is 5.91 Å². The predicted octanol–water partition coefficient (Wildman–Crippen LogP) is 4.56. The highest BCUT2D eigenvalue weighted by molar-refractivity contribution is 9.10. The van der Waals surface area contributed by atoms with Gasteiger partial charge in [0, 0.05) is 10.9 Å². The first kappa shape index (κ1) is 17.5. The van der Waals surface area contributed by atoms with Crippen molar-refractivity contribution in [1.82, 2.24) is 5.01 Å². The van der Waals surface area contributed by atoms with E-state index in [2.05, 4.69) is 26.3 Å². The van der Waals surface area contributed by atoms with E-state index in [0.29, 0.717) is 28.1 Å². The molecular formula is C19H15BrFN3O3. The number of halogens is 2. The average Bonchev–Trinajstić information content (AvgIpc) is 3.40. The Morgan fingerprint density at radius 1 is 1.26 bits per heavy atom. The van der Waals surface area contributed by atoms with E-state index in [9.17, 15) is 9.18 Å². The fourth-order valence-corrected chi connectivity index (χ4v) is 3.25. The zero-order valence-corrected chi connectivity index (χ0v) is 15.6. The van der Waals surface area contributed by atoms with Crippen molar-refractivity contribution in [1.29, 1.82) is 0 Å². The minimum absolute atomic E-state index is 0.106. The molecule has 8 heteroatoms. The molecule has 0 radical (unpaired) electrons. The third kappa shape index (κ3) is 3.66. The first-order chi connectivity index (χ1) is 13.1. The van der Waals surface area contributed by atoms with Gasteiger partial charge < -0.3 is 14.2 Å². The predicted molar refractivity (Wildman–Crippen MR) is 101 cm³/mol. The molecule has 0 saturated heterocycles. The van der Waals surface area contributed by atoms with Gasteiger partial charge in [0.2, 0.25) is 0 Å². The van der Waals surface area contributed by atoms with Crippen LogP contribution < -0.4 is 5.32 Å². The van der Waals surface area contributed by atoms with Crippen molar-refractivity contribution < 1.29 is 18.0 Å². The summed E-state index contributed by atoms with van der Waals surface area (Å²) in [6.45, 7) is -0.106. The molecular weight excluding hydrogens is 417 g/mol. The molecule has 0 saturated carbocycles. The van der Waals surface area contributed by atoms with E-state index in [0.717, 1.165) is 0 Å². The Balaban J connectivity index is 1.53. The molecule has 0 spiro atoms. The molecule has 138 valence electrons. The van der Waals surface area contributed by atoms with Crippen LogP contribution in [0.2, 0.25) is 0 Å². The van der Waals surface area contributed by atoms with Crippen molar-refractivity contribution in [2.24, 2.45) is 5.10 Å². The van der Waals surface area contributed by atoms with Gasteiger partial charge in [-0.15, -0.1) is 0 Å². The SMILES string of the molecule is O=C(CNc1ccc(Br)cc1F)N1N=C(c2ccco2)C[C@H]1c1ccco1. The van der Waals surface area contributed by atoms with Gasteiger partial charge in [-0.1, -0.05) is 15.9 Å². The normalized spacial score (nSPS) is 16.4. The summed E-state index contributed by atoms with van der Waals surface area (Å²) in [5.74, 6) is 0.485. The molecule has 27 heavy (non-hydrogen) atoms. The average molecular weight is 432 g/mol. The summed E-state index contributed by atoms with van der Waals surface area (Å²) in [6.07, 6.45) is 3.58. The molecule has 3 aromatic rings. The van der Waals surface area contributed by atoms with Crippen LogP contribution in [0.3, 0.4) is 0 Å². The number of amides is 1. The summed E-state index contributed by atoms with van der Waals surface area (Å²) in [5, 5.41) is 8.61. The number of hydrogen-bond donors (Lipinski definition) is 1. The Bertz CT molecular complexity index is 970. The highest BCUT2D eigenvalue weighted by Gasteiger charge is 2.35. The van der Waals surface area contributed by atoms with E-state index in [1.807, 2.05) is 0 Å². The molecule has 0 bridgehead atoms. The van der Waals surface area contributed by atoms with Crippen LogP contribution in [-0.4, -0.2) is 23.2 Å². The highest BCUT2D eigenvalue weighted by atomic mass is 79.9. The summed E-state index contributed by atoms with van der Waals surface area (Å²) in [5.41, 5.74) is 0.903. The monoisotopic (exact) mass is 431 g/mol. The van der Waals surface area contributed by atoms with E-state index in [1.165, 1.54) is 11.1 Å². The minimum Gasteiger partial charge on any atom is -0.467 e. The molecule has 1 aliphatic rings. The van der Waals surface area contributed by atoms with Crippen molar-refractivity contribution in [3.05, 3.63) is 76.8 Å². The van der Waals surface area contributed by atoms with Crippen molar-refractivity contribution in [2.75, 3.05) is 11.9 Å². The third-order valence-electron chi connectivity index (χ3n) is 4.20. The first-order valence-corrected chi connectivity index (χ1v) is 9.07. The molecule has 1 N–H and O–H groups in total. The van der Waals surface area contributed by atoms with Crippen LogP contribution >= 0.6 is 15.9 Å². The van der Waals surface area contributed by atoms with E-state index in [4.69, 9.17) is 8.83 Å². The van der Waals surface area contributed by atoms with Gasteiger partial charge in [0.1, 0.15) is 29.1 Å². The van der Waals surface area contributed by atoms with E-state index >= 15 is 0 Å². The van der Waals surface area contributed by atoms with E-state index in [-0.39, 0.29) is 24.2 Å². The molecule has 0 unspecified atom stereocenters. The van der Waals surface area contributed by atoms with Gasteiger partial charge >= 0.3 is 0 Å². The van der Waals surface area contributed by atoms with Gasteiger partial charge in [-0.3, -0.25) is 4.79 Å². The Morgan fingerprint density at radius 3 is 2.78 bits per heavy atom. The van der Waals surface area contributed by atoms with Crippen molar-refractivity contribution in [2.45, 2.75) is 12.5 Å². The number of rotatable bonds is 5. The summed E-state index contributed by atoms with van der Waals surface area (Å²) < 4.78 is 25.5. The van der Waals surface area contributed by atoms with Crippen molar-refractivity contribution >= 4 is 33.2 Å². The number of nitrogens with one attached hydrogen (secondary N) is 1. The lowest BCUT2D eigenvalue weighted by molar-refractivity contribution is -0.131. The van der Waals surface area contributed by atoms with E-state index < -0.39 is 5.82 Å². The summed E-state index contributed by atoms with van der Waals surface area (Å²) in [6, 6.07) is 11.4. The van der Waals surface area contributed by atoms with Crippen LogP contribution in [0.1, 0.15) is 24.0 Å². The second-order valence-corrected chi connectivity index (χ2v) is 6.89. The Hall–Kier alpha value is -2.87. The molecule has 0 fully saturated rings. The van der Waals surface area contributed by atoms with E-state index in [1.54, 1.807) is 48.9 Å². The molecule has 3 heterocycles. The standard InChI is InChI=1S/C19H15BrFN3O3/c20-12-5-6-14(13(21)9-12)22-11-19(25)24-16(18-4-2-8-27-18)10-15(23-24)17-3-1-7-26-17/h1-9,16,22H,10-11H2/t16-/m0/s1. The fourth-order valence-electron chi connectivity index (χ4n) is 2.92. The summed E-state index contributed by atoms with van der Waals surface area (Å²) in [4.78, 5) is 12.8. The molecule has 4 rings (SSSR count). The molecule has 1 amide bonds. The lowest BCUT2D eigenvalue weighted by Gasteiger charge is -2.20. The number of carbonyl (C=O) groups excluding carboxylic acids is 1. The largest absolute Gasteiger partial charge is 0.467 e. The second kappa shape index (κ2) is 7.40. The van der Waals surface area contributed by atoms with Gasteiger partial charge in [-0.25, -0.2) is 9.40 Å². The number of furan rings is 2. The van der Waals surface area contributed by atoms with Crippen LogP contribution in [0.15, 0.2) is 73.4 Å². The minimum atomic E-state index is -0.444. The van der Waals surface area contributed by atoms with Crippen LogP contribution in [0.5, 0.6) is 0 Å². The number of hydrazone groups is 1. The van der Waals surface area contributed by atoms with Gasteiger partial charge in [0.05, 0.1) is 24.8 Å². The lowest BCUT2D eigenvalue weighted by Crippen LogP contribution is -2.32. The topological polar surface area (TPSA) is 71.0 Å². The molecule has 2 aromatic heterocycles. The first-order valence-electron chi connectivity index (χ1n) is 8.27. The van der Waals surface area contributed by atoms with Crippen molar-refractivity contribution in [3.63, 3.8) is 0 Å². The third-order valence-corrected chi connectivity index (χ3v) is 4.70. The zero-order chi connectivity index (χ0) is 18.8. The quantitative estimate of drug-likeness (QED) is 0.642. The maximum Gasteiger partial charge on any atom is 0.262 e. The smallest absolute Gasteiger partial charge is 0.262 e. The van der Waals surface area contributed by atoms with Crippen molar-refractivity contribution in [3.8, 4) is 0 Å². The molecule has 0 aliphatic carbocycles. The Labute approximate surface area is 162 Å². The molecule has 6 nitrogen and oxygen atoms in total. The van der Waals surface area contributed by atoms with Crippen LogP contribution in [-0.2, 0) is 4.79 Å².